The van der Waals surface area contributed by atoms with Crippen LogP contribution in [0, 0.1) is 11.6 Å². The molecule has 14 heavy (non-hydrogen) atoms. The molecule has 1 nitrogen and oxygen atoms in total. The van der Waals surface area contributed by atoms with Crippen LogP contribution in [-0.4, -0.2) is 6.29 Å². The van der Waals surface area contributed by atoms with Gasteiger partial charge in [0.25, 0.3) is 0 Å². The van der Waals surface area contributed by atoms with Crippen molar-refractivity contribution in [2.24, 2.45) is 0 Å². The minimum atomic E-state index is -0.958. The van der Waals surface area contributed by atoms with Gasteiger partial charge in [0.15, 0.2) is 11.6 Å². The van der Waals surface area contributed by atoms with Crippen LogP contribution in [0.4, 0.5) is 8.78 Å². The summed E-state index contributed by atoms with van der Waals surface area (Å²) in [5, 5.41) is 0. The first kappa shape index (κ1) is 9.31. The van der Waals surface area contributed by atoms with Crippen LogP contribution < -0.4 is 0 Å². The van der Waals surface area contributed by atoms with E-state index < -0.39 is 11.6 Å². The fourth-order valence-electron chi connectivity index (χ4n) is 1.64. The fourth-order valence-corrected chi connectivity index (χ4v) is 1.64. The molecule has 0 atom stereocenters. The van der Waals surface area contributed by atoms with Crippen LogP contribution in [-0.2, 0) is 5.41 Å². The molecule has 2 rings (SSSR count). The van der Waals surface area contributed by atoms with Gasteiger partial charge in [-0.2, -0.15) is 0 Å². The first-order chi connectivity index (χ1) is 6.57. The van der Waals surface area contributed by atoms with Gasteiger partial charge in [-0.1, -0.05) is 6.92 Å². The average molecular weight is 196 g/mol. The van der Waals surface area contributed by atoms with Gasteiger partial charge >= 0.3 is 0 Å². The first-order valence-corrected chi connectivity index (χ1v) is 4.51. The van der Waals surface area contributed by atoms with E-state index in [0.717, 1.165) is 25.0 Å². The van der Waals surface area contributed by atoms with Gasteiger partial charge in [0, 0.05) is 5.56 Å². The van der Waals surface area contributed by atoms with E-state index in [4.69, 9.17) is 0 Å². The van der Waals surface area contributed by atoms with Crippen molar-refractivity contribution in [2.45, 2.75) is 25.2 Å². The summed E-state index contributed by atoms with van der Waals surface area (Å²) in [6.45, 7) is 1.95. The summed E-state index contributed by atoms with van der Waals surface area (Å²) >= 11 is 0. The van der Waals surface area contributed by atoms with Gasteiger partial charge in [-0.05, 0) is 36.0 Å². The Balaban J connectivity index is 2.58. The second kappa shape index (κ2) is 2.87. The Bertz CT molecular complexity index is 395. The van der Waals surface area contributed by atoms with Crippen LogP contribution in [0.5, 0.6) is 0 Å². The van der Waals surface area contributed by atoms with Crippen LogP contribution in [0.25, 0.3) is 0 Å². The monoisotopic (exact) mass is 196 g/mol. The van der Waals surface area contributed by atoms with Crippen molar-refractivity contribution in [3.8, 4) is 0 Å². The Morgan fingerprint density at radius 1 is 1.29 bits per heavy atom. The van der Waals surface area contributed by atoms with Gasteiger partial charge in [-0.15, -0.1) is 0 Å². The quantitative estimate of drug-likeness (QED) is 0.665. The molecule has 0 aliphatic heterocycles. The molecule has 74 valence electrons. The lowest BCUT2D eigenvalue weighted by atomic mass is 9.93. The summed E-state index contributed by atoms with van der Waals surface area (Å²) in [7, 11) is 0. The summed E-state index contributed by atoms with van der Waals surface area (Å²) in [6, 6.07) is 2.12. The normalized spacial score (nSPS) is 17.9. The van der Waals surface area contributed by atoms with Gasteiger partial charge in [0.05, 0.1) is 0 Å². The van der Waals surface area contributed by atoms with Crippen LogP contribution in [0.1, 0.15) is 35.7 Å². The molecule has 1 saturated carbocycles. The van der Waals surface area contributed by atoms with Crippen molar-refractivity contribution in [1.29, 1.82) is 0 Å². The van der Waals surface area contributed by atoms with Crippen LogP contribution >= 0.6 is 0 Å². The van der Waals surface area contributed by atoms with E-state index in [-0.39, 0.29) is 11.0 Å². The Morgan fingerprint density at radius 2 is 1.86 bits per heavy atom. The smallest absolute Gasteiger partial charge is 0.159 e. The highest BCUT2D eigenvalue weighted by Gasteiger charge is 2.41. The van der Waals surface area contributed by atoms with Gasteiger partial charge in [0.1, 0.15) is 6.29 Å². The first-order valence-electron chi connectivity index (χ1n) is 4.51. The topological polar surface area (TPSA) is 17.1 Å². The number of carbonyl (C=O) groups is 1. The highest BCUT2D eigenvalue weighted by atomic mass is 19.2. The minimum Gasteiger partial charge on any atom is -0.298 e. The third kappa shape index (κ3) is 1.33. The molecule has 1 aromatic carbocycles. The Morgan fingerprint density at radius 3 is 2.36 bits per heavy atom. The number of halogens is 2. The molecule has 0 bridgehead atoms. The van der Waals surface area contributed by atoms with Gasteiger partial charge in [-0.3, -0.25) is 4.79 Å². The van der Waals surface area contributed by atoms with Crippen molar-refractivity contribution in [3.05, 3.63) is 34.9 Å². The van der Waals surface area contributed by atoms with Crippen molar-refractivity contribution in [3.63, 3.8) is 0 Å². The summed E-state index contributed by atoms with van der Waals surface area (Å²) in [6.07, 6.45) is 2.44. The molecule has 1 aliphatic rings. The molecule has 1 aromatic rings. The number of carbonyl (C=O) groups excluding carboxylic acids is 1. The maximum Gasteiger partial charge on any atom is 0.159 e. The number of aldehydes is 1. The third-order valence-electron chi connectivity index (χ3n) is 2.87. The van der Waals surface area contributed by atoms with Crippen LogP contribution in [0.15, 0.2) is 12.1 Å². The molecule has 0 unspecified atom stereocenters. The van der Waals surface area contributed by atoms with E-state index in [2.05, 4.69) is 0 Å². The lowest BCUT2D eigenvalue weighted by Gasteiger charge is -2.11. The largest absolute Gasteiger partial charge is 0.298 e. The van der Waals surface area contributed by atoms with Crippen molar-refractivity contribution in [2.75, 3.05) is 0 Å². The predicted octanol–water partition coefficient (Wildman–Crippen LogP) is 2.83. The highest BCUT2D eigenvalue weighted by molar-refractivity contribution is 5.78. The van der Waals surface area contributed by atoms with Gasteiger partial charge in [0.2, 0.25) is 0 Å². The summed E-state index contributed by atoms with van der Waals surface area (Å²) in [5.41, 5.74) is 0.778. The fraction of sp³-hybridized carbons (Fsp3) is 0.364. The maximum absolute atomic E-state index is 13.0. The van der Waals surface area contributed by atoms with Crippen LogP contribution in [0.2, 0.25) is 0 Å². The lowest BCUT2D eigenvalue weighted by molar-refractivity contribution is 0.112. The minimum absolute atomic E-state index is 0.120. The molecule has 0 aromatic heterocycles. The molecule has 1 fully saturated rings. The molecule has 0 amide bonds. The maximum atomic E-state index is 13.0. The number of hydrogen-bond donors (Lipinski definition) is 0. The van der Waals surface area contributed by atoms with E-state index in [9.17, 15) is 13.6 Å². The van der Waals surface area contributed by atoms with Crippen molar-refractivity contribution < 1.29 is 13.6 Å². The third-order valence-corrected chi connectivity index (χ3v) is 2.87. The van der Waals surface area contributed by atoms with Crippen molar-refractivity contribution in [1.82, 2.24) is 0 Å². The zero-order chi connectivity index (χ0) is 10.3. The molecule has 0 radical (unpaired) electrons. The predicted molar refractivity (Wildman–Crippen MR) is 48.3 cm³/mol. The second-order valence-electron chi connectivity index (χ2n) is 4.03. The average Bonchev–Trinajstić information content (AvgIpc) is 2.89. The second-order valence-corrected chi connectivity index (χ2v) is 4.03. The highest BCUT2D eigenvalue weighted by Crippen LogP contribution is 2.48. The number of hydrogen-bond acceptors (Lipinski definition) is 1. The molecule has 0 saturated heterocycles. The van der Waals surface area contributed by atoms with Gasteiger partial charge in [-0.25, -0.2) is 8.78 Å². The van der Waals surface area contributed by atoms with Crippen LogP contribution in [0.3, 0.4) is 0 Å². The molecule has 3 heteroatoms. The van der Waals surface area contributed by atoms with E-state index in [1.807, 2.05) is 6.92 Å². The lowest BCUT2D eigenvalue weighted by Crippen LogP contribution is -2.06. The van der Waals surface area contributed by atoms with Gasteiger partial charge < -0.3 is 0 Å². The van der Waals surface area contributed by atoms with E-state index in [1.54, 1.807) is 0 Å². The SMILES string of the molecule is CC1(c2cc(F)c(F)cc2C=O)CC1. The number of rotatable bonds is 2. The molecular formula is C11H10F2O. The molecule has 0 spiro atoms. The summed E-state index contributed by atoms with van der Waals surface area (Å²) in [4.78, 5) is 10.7. The Kier molecular flexibility index (Phi) is 1.91. The zero-order valence-electron chi connectivity index (χ0n) is 7.81. The van der Waals surface area contributed by atoms with Crippen molar-refractivity contribution >= 4 is 6.29 Å². The van der Waals surface area contributed by atoms with E-state index in [0.29, 0.717) is 11.8 Å². The van der Waals surface area contributed by atoms with E-state index in [1.165, 1.54) is 0 Å². The van der Waals surface area contributed by atoms with E-state index >= 15 is 0 Å². The Hall–Kier alpha value is -1.25. The summed E-state index contributed by atoms with van der Waals surface area (Å²) < 4.78 is 25.8. The molecule has 0 heterocycles. The zero-order valence-corrected chi connectivity index (χ0v) is 7.81. The summed E-state index contributed by atoms with van der Waals surface area (Å²) in [5.74, 6) is -1.83. The standard InChI is InChI=1S/C11H10F2O/c1-11(2-3-11)8-5-10(13)9(12)4-7(8)6-14/h4-6H,2-3H2,1H3. The molecular weight excluding hydrogens is 186 g/mol. The molecule has 1 aliphatic carbocycles. The molecule has 0 N–H and O–H groups in total. The Labute approximate surface area is 80.7 Å². The number of benzene rings is 1.